The SMILES string of the molecule is N#Cc1ccc(CNCC2CC2)nc1. The molecule has 1 N–H and O–H groups in total. The minimum atomic E-state index is 0.621. The summed E-state index contributed by atoms with van der Waals surface area (Å²) in [5.41, 5.74) is 1.63. The molecule has 0 aromatic carbocycles. The predicted octanol–water partition coefficient (Wildman–Crippen LogP) is 1.45. The molecule has 1 fully saturated rings. The number of hydrogen-bond acceptors (Lipinski definition) is 3. The molecule has 3 heteroatoms. The normalized spacial score (nSPS) is 15.1. The van der Waals surface area contributed by atoms with E-state index in [4.69, 9.17) is 5.26 Å². The maximum absolute atomic E-state index is 8.58. The highest BCUT2D eigenvalue weighted by Gasteiger charge is 2.20. The van der Waals surface area contributed by atoms with Gasteiger partial charge in [-0.2, -0.15) is 5.26 Å². The Morgan fingerprint density at radius 1 is 1.50 bits per heavy atom. The van der Waals surface area contributed by atoms with Crippen molar-refractivity contribution in [2.24, 2.45) is 5.92 Å². The first kappa shape index (κ1) is 9.17. The van der Waals surface area contributed by atoms with Crippen molar-refractivity contribution in [1.29, 1.82) is 5.26 Å². The van der Waals surface area contributed by atoms with E-state index >= 15 is 0 Å². The molecule has 1 saturated carbocycles. The number of rotatable bonds is 4. The first-order valence-corrected chi connectivity index (χ1v) is 4.94. The predicted molar refractivity (Wildman–Crippen MR) is 53.4 cm³/mol. The molecule has 1 aromatic rings. The molecule has 0 bridgehead atoms. The number of nitrogens with one attached hydrogen (secondary N) is 1. The van der Waals surface area contributed by atoms with Crippen LogP contribution < -0.4 is 5.32 Å². The summed E-state index contributed by atoms with van der Waals surface area (Å²) in [6.45, 7) is 1.91. The number of hydrogen-bond donors (Lipinski definition) is 1. The van der Waals surface area contributed by atoms with Crippen LogP contribution in [0.25, 0.3) is 0 Å². The standard InChI is InChI=1S/C11H13N3/c12-5-10-3-4-11(14-7-10)8-13-6-9-1-2-9/h3-4,7,9,13H,1-2,6,8H2. The molecule has 0 aliphatic heterocycles. The minimum absolute atomic E-state index is 0.621. The lowest BCUT2D eigenvalue weighted by molar-refractivity contribution is 0.630. The van der Waals surface area contributed by atoms with Gasteiger partial charge in [-0.3, -0.25) is 4.98 Å². The average Bonchev–Trinajstić information content (AvgIpc) is 3.03. The van der Waals surface area contributed by atoms with Crippen LogP contribution in [0.15, 0.2) is 18.3 Å². The Hall–Kier alpha value is -1.40. The zero-order valence-corrected chi connectivity index (χ0v) is 8.03. The van der Waals surface area contributed by atoms with Crippen LogP contribution in [0, 0.1) is 17.2 Å². The van der Waals surface area contributed by atoms with Crippen molar-refractivity contribution < 1.29 is 0 Å². The van der Waals surface area contributed by atoms with Crippen molar-refractivity contribution in [3.8, 4) is 6.07 Å². The first-order valence-electron chi connectivity index (χ1n) is 4.94. The van der Waals surface area contributed by atoms with E-state index in [1.807, 2.05) is 6.07 Å². The van der Waals surface area contributed by atoms with Gasteiger partial charge in [-0.15, -0.1) is 0 Å². The van der Waals surface area contributed by atoms with Gasteiger partial charge in [-0.25, -0.2) is 0 Å². The quantitative estimate of drug-likeness (QED) is 0.776. The van der Waals surface area contributed by atoms with Gasteiger partial charge in [0.25, 0.3) is 0 Å². The van der Waals surface area contributed by atoms with Gasteiger partial charge in [-0.05, 0) is 37.4 Å². The lowest BCUT2D eigenvalue weighted by Crippen LogP contribution is -2.16. The summed E-state index contributed by atoms with van der Waals surface area (Å²) in [6.07, 6.45) is 4.36. The van der Waals surface area contributed by atoms with Crippen LogP contribution in [-0.2, 0) is 6.54 Å². The molecule has 14 heavy (non-hydrogen) atoms. The van der Waals surface area contributed by atoms with Crippen LogP contribution in [0.5, 0.6) is 0 Å². The Morgan fingerprint density at radius 2 is 2.36 bits per heavy atom. The Bertz CT molecular complexity index is 333. The summed E-state index contributed by atoms with van der Waals surface area (Å²) in [5, 5.41) is 11.9. The van der Waals surface area contributed by atoms with E-state index in [1.54, 1.807) is 12.3 Å². The third-order valence-electron chi connectivity index (χ3n) is 2.39. The van der Waals surface area contributed by atoms with Gasteiger partial charge in [0.1, 0.15) is 6.07 Å². The molecular weight excluding hydrogens is 174 g/mol. The van der Waals surface area contributed by atoms with E-state index < -0.39 is 0 Å². The van der Waals surface area contributed by atoms with E-state index in [0.29, 0.717) is 5.56 Å². The Morgan fingerprint density at radius 3 is 2.93 bits per heavy atom. The van der Waals surface area contributed by atoms with Gasteiger partial charge >= 0.3 is 0 Å². The summed E-state index contributed by atoms with van der Waals surface area (Å²) < 4.78 is 0. The van der Waals surface area contributed by atoms with E-state index in [0.717, 1.165) is 24.7 Å². The van der Waals surface area contributed by atoms with Gasteiger partial charge in [0.2, 0.25) is 0 Å². The smallest absolute Gasteiger partial charge is 0.101 e. The van der Waals surface area contributed by atoms with E-state index in [1.165, 1.54) is 12.8 Å². The second kappa shape index (κ2) is 4.21. The molecule has 0 unspecified atom stereocenters. The number of nitriles is 1. The molecular formula is C11H13N3. The summed E-state index contributed by atoms with van der Waals surface area (Å²) in [6, 6.07) is 5.76. The summed E-state index contributed by atoms with van der Waals surface area (Å²) in [7, 11) is 0. The van der Waals surface area contributed by atoms with Crippen LogP contribution in [0.4, 0.5) is 0 Å². The summed E-state index contributed by atoms with van der Waals surface area (Å²) in [5.74, 6) is 0.897. The Kier molecular flexibility index (Phi) is 2.76. The lowest BCUT2D eigenvalue weighted by Gasteiger charge is -2.02. The molecule has 3 nitrogen and oxygen atoms in total. The van der Waals surface area contributed by atoms with Gasteiger partial charge in [0.15, 0.2) is 0 Å². The lowest BCUT2D eigenvalue weighted by atomic mass is 10.2. The first-order chi connectivity index (χ1) is 6.88. The minimum Gasteiger partial charge on any atom is -0.311 e. The van der Waals surface area contributed by atoms with Crippen molar-refractivity contribution in [1.82, 2.24) is 10.3 Å². The molecule has 0 amide bonds. The number of nitrogens with zero attached hydrogens (tertiary/aromatic N) is 2. The number of aromatic nitrogens is 1. The van der Waals surface area contributed by atoms with Gasteiger partial charge in [-0.1, -0.05) is 0 Å². The Labute approximate surface area is 83.8 Å². The van der Waals surface area contributed by atoms with E-state index in [9.17, 15) is 0 Å². The van der Waals surface area contributed by atoms with Crippen LogP contribution in [0.2, 0.25) is 0 Å². The maximum Gasteiger partial charge on any atom is 0.101 e. The third kappa shape index (κ3) is 2.54. The Balaban J connectivity index is 1.80. The molecule has 2 rings (SSSR count). The van der Waals surface area contributed by atoms with Crippen molar-refractivity contribution in [3.63, 3.8) is 0 Å². The van der Waals surface area contributed by atoms with Gasteiger partial charge in [0.05, 0.1) is 11.3 Å². The zero-order chi connectivity index (χ0) is 9.80. The molecule has 1 heterocycles. The molecule has 72 valence electrons. The van der Waals surface area contributed by atoms with E-state index in [-0.39, 0.29) is 0 Å². The second-order valence-corrected chi connectivity index (χ2v) is 3.72. The van der Waals surface area contributed by atoms with Crippen LogP contribution in [0.1, 0.15) is 24.1 Å². The van der Waals surface area contributed by atoms with Crippen LogP contribution in [0.3, 0.4) is 0 Å². The van der Waals surface area contributed by atoms with Crippen LogP contribution >= 0.6 is 0 Å². The van der Waals surface area contributed by atoms with Crippen molar-refractivity contribution in [3.05, 3.63) is 29.6 Å². The molecule has 1 aliphatic carbocycles. The zero-order valence-electron chi connectivity index (χ0n) is 8.03. The topological polar surface area (TPSA) is 48.7 Å². The molecule has 0 spiro atoms. The second-order valence-electron chi connectivity index (χ2n) is 3.72. The summed E-state index contributed by atoms with van der Waals surface area (Å²) in [4.78, 5) is 4.18. The van der Waals surface area contributed by atoms with Crippen molar-refractivity contribution in [2.75, 3.05) is 6.54 Å². The fourth-order valence-corrected chi connectivity index (χ4v) is 1.32. The highest BCUT2D eigenvalue weighted by Crippen LogP contribution is 2.27. The molecule has 1 aromatic heterocycles. The molecule has 0 radical (unpaired) electrons. The fraction of sp³-hybridized carbons (Fsp3) is 0.455. The molecule has 0 saturated heterocycles. The summed E-state index contributed by atoms with van der Waals surface area (Å²) >= 11 is 0. The van der Waals surface area contributed by atoms with Crippen molar-refractivity contribution in [2.45, 2.75) is 19.4 Å². The largest absolute Gasteiger partial charge is 0.311 e. The van der Waals surface area contributed by atoms with Gasteiger partial charge in [0, 0.05) is 12.7 Å². The fourth-order valence-electron chi connectivity index (χ4n) is 1.32. The maximum atomic E-state index is 8.58. The third-order valence-corrected chi connectivity index (χ3v) is 2.39. The highest BCUT2D eigenvalue weighted by molar-refractivity contribution is 5.26. The van der Waals surface area contributed by atoms with Crippen molar-refractivity contribution >= 4 is 0 Å². The van der Waals surface area contributed by atoms with E-state index in [2.05, 4.69) is 16.4 Å². The average molecular weight is 187 g/mol. The van der Waals surface area contributed by atoms with Gasteiger partial charge < -0.3 is 5.32 Å². The highest BCUT2D eigenvalue weighted by atomic mass is 14.9. The number of pyridine rings is 1. The molecule has 0 atom stereocenters. The monoisotopic (exact) mass is 187 g/mol. The molecule has 1 aliphatic rings. The van der Waals surface area contributed by atoms with Crippen LogP contribution in [-0.4, -0.2) is 11.5 Å².